The summed E-state index contributed by atoms with van der Waals surface area (Å²) in [6.07, 6.45) is 6.97. The molecule has 6 nitrogen and oxygen atoms in total. The van der Waals surface area contributed by atoms with Crippen LogP contribution in [0, 0.1) is 0 Å². The molecule has 1 N–H and O–H groups in total. The van der Waals surface area contributed by atoms with Gasteiger partial charge in [-0.3, -0.25) is 9.48 Å². The molecule has 0 atom stereocenters. The van der Waals surface area contributed by atoms with Crippen molar-refractivity contribution in [2.45, 2.75) is 20.0 Å². The van der Waals surface area contributed by atoms with Gasteiger partial charge in [0.1, 0.15) is 0 Å². The molecule has 29 heavy (non-hydrogen) atoms. The summed E-state index contributed by atoms with van der Waals surface area (Å²) < 4.78 is 12.7. The van der Waals surface area contributed by atoms with Crippen LogP contribution in [0.5, 0.6) is 11.5 Å². The zero-order chi connectivity index (χ0) is 20.5. The van der Waals surface area contributed by atoms with Gasteiger partial charge < -0.3 is 14.8 Å². The van der Waals surface area contributed by atoms with Crippen molar-refractivity contribution in [3.63, 3.8) is 0 Å². The van der Waals surface area contributed by atoms with Crippen LogP contribution in [0.4, 0.5) is 0 Å². The maximum absolute atomic E-state index is 12.1. The van der Waals surface area contributed by atoms with Crippen molar-refractivity contribution < 1.29 is 14.3 Å². The molecule has 0 unspecified atom stereocenters. The summed E-state index contributed by atoms with van der Waals surface area (Å²) in [5, 5.41) is 7.10. The first-order chi connectivity index (χ1) is 14.2. The minimum Gasteiger partial charge on any atom is -0.493 e. The number of hydrogen-bond acceptors (Lipinski definition) is 4. The highest BCUT2D eigenvalue weighted by molar-refractivity contribution is 5.91. The SMILES string of the molecule is CCOc1cc(/C=C/C(=O)NCc2ccc(Cn3cccn3)cc2)ccc1OC. The lowest BCUT2D eigenvalue weighted by Crippen LogP contribution is -2.20. The van der Waals surface area contributed by atoms with E-state index in [2.05, 4.69) is 10.4 Å². The molecule has 0 aliphatic heterocycles. The second kappa shape index (κ2) is 10.1. The largest absolute Gasteiger partial charge is 0.493 e. The average Bonchev–Trinajstić information content (AvgIpc) is 3.25. The molecule has 1 amide bonds. The zero-order valence-corrected chi connectivity index (χ0v) is 16.7. The first-order valence-electron chi connectivity index (χ1n) is 9.50. The molecule has 0 spiro atoms. The Bertz CT molecular complexity index is 948. The zero-order valence-electron chi connectivity index (χ0n) is 16.7. The second-order valence-electron chi connectivity index (χ2n) is 6.41. The van der Waals surface area contributed by atoms with Gasteiger partial charge in [-0.25, -0.2) is 0 Å². The molecule has 0 radical (unpaired) electrons. The van der Waals surface area contributed by atoms with Crippen LogP contribution >= 0.6 is 0 Å². The van der Waals surface area contributed by atoms with E-state index in [-0.39, 0.29) is 5.91 Å². The number of methoxy groups -OCH3 is 1. The number of carbonyl (C=O) groups excluding carboxylic acids is 1. The molecule has 0 bridgehead atoms. The minimum absolute atomic E-state index is 0.153. The Morgan fingerprint density at radius 3 is 2.62 bits per heavy atom. The number of nitrogens with one attached hydrogen (secondary N) is 1. The van der Waals surface area contributed by atoms with Gasteiger partial charge in [-0.15, -0.1) is 0 Å². The Morgan fingerprint density at radius 2 is 1.93 bits per heavy atom. The molecule has 1 aromatic heterocycles. The van der Waals surface area contributed by atoms with Gasteiger partial charge in [-0.05, 0) is 47.9 Å². The lowest BCUT2D eigenvalue weighted by Gasteiger charge is -2.09. The van der Waals surface area contributed by atoms with E-state index in [1.807, 2.05) is 66.3 Å². The molecule has 0 saturated heterocycles. The molecular formula is C23H25N3O3. The van der Waals surface area contributed by atoms with Gasteiger partial charge in [-0.2, -0.15) is 5.10 Å². The van der Waals surface area contributed by atoms with Gasteiger partial charge in [0.05, 0.1) is 20.3 Å². The highest BCUT2D eigenvalue weighted by atomic mass is 16.5. The molecule has 3 rings (SSSR count). The van der Waals surface area contributed by atoms with Crippen LogP contribution < -0.4 is 14.8 Å². The predicted octanol–water partition coefficient (Wildman–Crippen LogP) is 3.67. The highest BCUT2D eigenvalue weighted by Gasteiger charge is 2.04. The van der Waals surface area contributed by atoms with Gasteiger partial charge >= 0.3 is 0 Å². The van der Waals surface area contributed by atoms with Crippen molar-refractivity contribution in [1.82, 2.24) is 15.1 Å². The Kier molecular flexibility index (Phi) is 7.05. The molecule has 1 heterocycles. The third kappa shape index (κ3) is 5.97. The third-order valence-corrected chi connectivity index (χ3v) is 4.31. The number of ether oxygens (including phenoxy) is 2. The van der Waals surface area contributed by atoms with Gasteiger partial charge in [0.25, 0.3) is 0 Å². The molecule has 0 aliphatic rings. The number of hydrogen-bond donors (Lipinski definition) is 1. The lowest BCUT2D eigenvalue weighted by molar-refractivity contribution is -0.116. The monoisotopic (exact) mass is 391 g/mol. The van der Waals surface area contributed by atoms with Crippen LogP contribution in [0.1, 0.15) is 23.6 Å². The van der Waals surface area contributed by atoms with Crippen molar-refractivity contribution in [3.05, 3.63) is 83.7 Å². The summed E-state index contributed by atoms with van der Waals surface area (Å²) in [7, 11) is 1.60. The molecule has 150 valence electrons. The average molecular weight is 391 g/mol. The van der Waals surface area contributed by atoms with Crippen LogP contribution in [0.15, 0.2) is 67.0 Å². The lowest BCUT2D eigenvalue weighted by atomic mass is 10.1. The normalized spacial score (nSPS) is 10.8. The van der Waals surface area contributed by atoms with Crippen molar-refractivity contribution in [2.75, 3.05) is 13.7 Å². The summed E-state index contributed by atoms with van der Waals surface area (Å²) in [4.78, 5) is 12.1. The first-order valence-corrected chi connectivity index (χ1v) is 9.50. The summed E-state index contributed by atoms with van der Waals surface area (Å²) in [6, 6.07) is 15.6. The topological polar surface area (TPSA) is 65.4 Å². The van der Waals surface area contributed by atoms with Gasteiger partial charge in [0.15, 0.2) is 11.5 Å². The van der Waals surface area contributed by atoms with Crippen LogP contribution in [0.25, 0.3) is 6.08 Å². The Balaban J connectivity index is 1.52. The van der Waals surface area contributed by atoms with Gasteiger partial charge in [-0.1, -0.05) is 30.3 Å². The smallest absolute Gasteiger partial charge is 0.244 e. The molecule has 0 saturated carbocycles. The molecule has 0 fully saturated rings. The van der Waals surface area contributed by atoms with Gasteiger partial charge in [0, 0.05) is 25.0 Å². The van der Waals surface area contributed by atoms with Gasteiger partial charge in [0.2, 0.25) is 5.91 Å². The van der Waals surface area contributed by atoms with E-state index >= 15 is 0 Å². The summed E-state index contributed by atoms with van der Waals surface area (Å²) in [5.74, 6) is 1.18. The fourth-order valence-electron chi connectivity index (χ4n) is 2.83. The maximum atomic E-state index is 12.1. The number of amides is 1. The van der Waals surface area contributed by atoms with Crippen LogP contribution in [-0.2, 0) is 17.9 Å². The number of carbonyl (C=O) groups is 1. The predicted molar refractivity (Wildman–Crippen MR) is 113 cm³/mol. The number of nitrogens with zero attached hydrogens (tertiary/aromatic N) is 2. The van der Waals surface area contributed by atoms with E-state index in [1.165, 1.54) is 6.08 Å². The van der Waals surface area contributed by atoms with Crippen LogP contribution in [-0.4, -0.2) is 29.4 Å². The standard InChI is InChI=1S/C23H25N3O3/c1-3-29-22-15-18(9-11-21(22)28-2)10-12-23(27)24-16-19-5-7-20(8-6-19)17-26-14-4-13-25-26/h4-15H,3,16-17H2,1-2H3,(H,24,27)/b12-10+. The van der Waals surface area contributed by atoms with E-state index in [1.54, 1.807) is 19.4 Å². The Hall–Kier alpha value is -3.54. The maximum Gasteiger partial charge on any atom is 0.244 e. The third-order valence-electron chi connectivity index (χ3n) is 4.31. The Morgan fingerprint density at radius 1 is 1.14 bits per heavy atom. The van der Waals surface area contributed by atoms with Crippen molar-refractivity contribution in [3.8, 4) is 11.5 Å². The fraction of sp³-hybridized carbons (Fsp3) is 0.217. The molecule has 6 heteroatoms. The van der Waals surface area contributed by atoms with Crippen LogP contribution in [0.3, 0.4) is 0 Å². The molecule has 3 aromatic rings. The van der Waals surface area contributed by atoms with Crippen molar-refractivity contribution in [2.24, 2.45) is 0 Å². The summed E-state index contributed by atoms with van der Waals surface area (Å²) >= 11 is 0. The first kappa shape index (κ1) is 20.2. The van der Waals surface area contributed by atoms with Crippen LogP contribution in [0.2, 0.25) is 0 Å². The van der Waals surface area contributed by atoms with Crippen molar-refractivity contribution in [1.29, 1.82) is 0 Å². The number of rotatable bonds is 9. The quantitative estimate of drug-likeness (QED) is 0.565. The second-order valence-corrected chi connectivity index (χ2v) is 6.41. The highest BCUT2D eigenvalue weighted by Crippen LogP contribution is 2.28. The van der Waals surface area contributed by atoms with E-state index in [0.29, 0.717) is 24.7 Å². The molecule has 0 aliphatic carbocycles. The van der Waals surface area contributed by atoms with E-state index < -0.39 is 0 Å². The minimum atomic E-state index is -0.153. The van der Waals surface area contributed by atoms with E-state index in [4.69, 9.17) is 9.47 Å². The van der Waals surface area contributed by atoms with E-state index in [9.17, 15) is 4.79 Å². The molecule has 2 aromatic carbocycles. The summed E-state index contributed by atoms with van der Waals surface area (Å²) in [6.45, 7) is 3.66. The number of benzene rings is 2. The van der Waals surface area contributed by atoms with Crippen molar-refractivity contribution >= 4 is 12.0 Å². The number of aromatic nitrogens is 2. The Labute approximate surface area is 170 Å². The fourth-order valence-corrected chi connectivity index (χ4v) is 2.83. The van der Waals surface area contributed by atoms with E-state index in [0.717, 1.165) is 23.2 Å². The molecular weight excluding hydrogens is 366 g/mol. The summed E-state index contributed by atoms with van der Waals surface area (Å²) in [5.41, 5.74) is 3.07.